The third-order valence-corrected chi connectivity index (χ3v) is 3.97. The molecule has 7 nitrogen and oxygen atoms in total. The topological polar surface area (TPSA) is 135 Å². The lowest BCUT2D eigenvalue weighted by atomic mass is 10.1. The Morgan fingerprint density at radius 2 is 1.63 bits per heavy atom. The van der Waals surface area contributed by atoms with Crippen molar-refractivity contribution in [3.05, 3.63) is 81.2 Å². The maximum absolute atomic E-state index is 12.7. The molecular formula is C18H18Cl2N4O3. The molecule has 0 aliphatic heterocycles. The highest BCUT2D eigenvalue weighted by atomic mass is 35.5. The molecule has 0 unspecified atom stereocenters. The number of nitrogens with two attached hydrogens (primary N) is 2. The Labute approximate surface area is 166 Å². The molecule has 2 aromatic carbocycles. The van der Waals surface area contributed by atoms with Crippen LogP contribution in [0.25, 0.3) is 10.8 Å². The van der Waals surface area contributed by atoms with Crippen molar-refractivity contribution in [3.63, 3.8) is 0 Å². The van der Waals surface area contributed by atoms with Gasteiger partial charge in [-0.25, -0.2) is 0 Å². The average Bonchev–Trinajstić information content (AvgIpc) is 2.58. The van der Waals surface area contributed by atoms with Crippen molar-refractivity contribution in [1.82, 2.24) is 4.57 Å². The third-order valence-electron chi connectivity index (χ3n) is 3.72. The van der Waals surface area contributed by atoms with E-state index in [1.165, 1.54) is 10.8 Å². The third kappa shape index (κ3) is 4.85. The van der Waals surface area contributed by atoms with Gasteiger partial charge in [-0.3, -0.25) is 9.59 Å². The minimum atomic E-state index is -0.596. The molecule has 1 aromatic heterocycles. The molecule has 0 radical (unpaired) electrons. The maximum Gasteiger partial charge on any atom is 0.282 e. The number of nitrogens with zero attached hydrogens (tertiary/aromatic N) is 2. The molecule has 0 spiro atoms. The van der Waals surface area contributed by atoms with Crippen LogP contribution < -0.4 is 17.0 Å². The van der Waals surface area contributed by atoms with E-state index in [-0.39, 0.29) is 35.0 Å². The number of amides is 1. The number of pyridine rings is 1. The zero-order valence-electron chi connectivity index (χ0n) is 14.1. The first-order valence-corrected chi connectivity index (χ1v) is 7.84. The van der Waals surface area contributed by atoms with Crippen LogP contribution >= 0.6 is 24.0 Å². The van der Waals surface area contributed by atoms with Gasteiger partial charge in [0.1, 0.15) is 0 Å². The molecule has 0 aliphatic rings. The summed E-state index contributed by atoms with van der Waals surface area (Å²) in [6, 6.07) is 14.0. The fourth-order valence-corrected chi connectivity index (χ4v) is 2.72. The lowest BCUT2D eigenvalue weighted by molar-refractivity contribution is 0.100. The number of carbonyl (C=O) groups excluding carboxylic acids is 1. The van der Waals surface area contributed by atoms with E-state index in [1.54, 1.807) is 36.4 Å². The fraction of sp³-hybridized carbons (Fsp3) is 0.0556. The molecule has 0 saturated heterocycles. The average molecular weight is 409 g/mol. The standard InChI is InChI=1S/C18H15ClN4O2.ClH.H2O/c19-12-7-5-11(6-8-12)9-23-10-15(16(24)22-18(20)21)13-3-1-2-4-14(13)17(23)25;;/h1-8,10H,9H2,(H4,20,21,22,24);1H;1H2. The summed E-state index contributed by atoms with van der Waals surface area (Å²) < 4.78 is 1.46. The van der Waals surface area contributed by atoms with Crippen LogP contribution in [0.3, 0.4) is 0 Å². The van der Waals surface area contributed by atoms with Crippen molar-refractivity contribution in [2.45, 2.75) is 6.54 Å². The fourth-order valence-electron chi connectivity index (χ4n) is 2.60. The smallest absolute Gasteiger partial charge is 0.282 e. The summed E-state index contributed by atoms with van der Waals surface area (Å²) in [6.07, 6.45) is 1.48. The van der Waals surface area contributed by atoms with Crippen LogP contribution in [0.2, 0.25) is 5.02 Å². The predicted molar refractivity (Wildman–Crippen MR) is 110 cm³/mol. The largest absolute Gasteiger partial charge is 0.412 e. The van der Waals surface area contributed by atoms with Crippen LogP contribution in [0.15, 0.2) is 64.5 Å². The summed E-state index contributed by atoms with van der Waals surface area (Å²) in [5.41, 5.74) is 11.5. The Morgan fingerprint density at radius 1 is 1.04 bits per heavy atom. The van der Waals surface area contributed by atoms with Gasteiger partial charge >= 0.3 is 0 Å². The van der Waals surface area contributed by atoms with E-state index in [1.807, 2.05) is 12.1 Å². The number of guanidine groups is 1. The minimum absolute atomic E-state index is 0. The van der Waals surface area contributed by atoms with Crippen molar-refractivity contribution in [1.29, 1.82) is 0 Å². The monoisotopic (exact) mass is 408 g/mol. The zero-order chi connectivity index (χ0) is 18.0. The zero-order valence-corrected chi connectivity index (χ0v) is 15.6. The van der Waals surface area contributed by atoms with E-state index in [2.05, 4.69) is 4.99 Å². The summed E-state index contributed by atoms with van der Waals surface area (Å²) in [4.78, 5) is 28.7. The molecule has 3 aromatic rings. The Kier molecular flexibility index (Phi) is 7.54. The van der Waals surface area contributed by atoms with Crippen molar-refractivity contribution >= 4 is 46.6 Å². The van der Waals surface area contributed by atoms with E-state index >= 15 is 0 Å². The van der Waals surface area contributed by atoms with Crippen LogP contribution in [-0.2, 0) is 6.54 Å². The number of hydrogen-bond donors (Lipinski definition) is 2. The number of aromatic nitrogens is 1. The van der Waals surface area contributed by atoms with Gasteiger partial charge in [-0.1, -0.05) is 41.9 Å². The van der Waals surface area contributed by atoms with Crippen molar-refractivity contribution in [3.8, 4) is 0 Å². The Bertz CT molecular complexity index is 1040. The molecule has 1 heterocycles. The van der Waals surface area contributed by atoms with E-state index < -0.39 is 5.91 Å². The van der Waals surface area contributed by atoms with Gasteiger partial charge in [0.25, 0.3) is 11.5 Å². The first-order valence-electron chi connectivity index (χ1n) is 7.46. The highest BCUT2D eigenvalue weighted by Gasteiger charge is 2.14. The number of benzene rings is 2. The lowest BCUT2D eigenvalue weighted by Crippen LogP contribution is -2.26. The molecule has 0 fully saturated rings. The van der Waals surface area contributed by atoms with Crippen LogP contribution in [0.5, 0.6) is 0 Å². The second-order valence-corrected chi connectivity index (χ2v) is 5.93. The maximum atomic E-state index is 12.7. The Hall–Kier alpha value is -2.87. The number of halogens is 2. The quantitative estimate of drug-likeness (QED) is 0.503. The molecule has 0 saturated carbocycles. The van der Waals surface area contributed by atoms with Gasteiger partial charge < -0.3 is 21.5 Å². The molecule has 0 atom stereocenters. The summed E-state index contributed by atoms with van der Waals surface area (Å²) in [5.74, 6) is -0.925. The number of hydrogen-bond acceptors (Lipinski definition) is 2. The van der Waals surface area contributed by atoms with Crippen molar-refractivity contribution in [2.75, 3.05) is 0 Å². The van der Waals surface area contributed by atoms with Crippen LogP contribution in [0.1, 0.15) is 15.9 Å². The molecule has 142 valence electrons. The molecule has 0 aliphatic carbocycles. The molecule has 1 amide bonds. The van der Waals surface area contributed by atoms with Gasteiger partial charge in [0.05, 0.1) is 12.1 Å². The van der Waals surface area contributed by atoms with Crippen LogP contribution in [0, 0.1) is 0 Å². The second kappa shape index (κ2) is 9.18. The normalized spacial score (nSPS) is 9.81. The number of rotatable bonds is 3. The highest BCUT2D eigenvalue weighted by molar-refractivity contribution is 6.30. The molecule has 0 bridgehead atoms. The molecular weight excluding hydrogens is 391 g/mol. The first kappa shape index (κ1) is 22.2. The Balaban J connectivity index is 0.00000182. The summed E-state index contributed by atoms with van der Waals surface area (Å²) in [6.45, 7) is 0.295. The highest BCUT2D eigenvalue weighted by Crippen LogP contribution is 2.17. The number of fused-ring (bicyclic) bond motifs is 1. The molecule has 9 heteroatoms. The van der Waals surface area contributed by atoms with E-state index in [9.17, 15) is 9.59 Å². The molecule has 27 heavy (non-hydrogen) atoms. The van der Waals surface area contributed by atoms with Crippen molar-refractivity contribution in [2.24, 2.45) is 16.5 Å². The Morgan fingerprint density at radius 3 is 2.22 bits per heavy atom. The number of aliphatic imine (C=N–C) groups is 1. The SMILES string of the molecule is Cl.NC(N)=NC(=O)c1cn(Cc2ccc(Cl)cc2)c(=O)c2ccccc12.O. The van der Waals surface area contributed by atoms with E-state index in [4.69, 9.17) is 23.1 Å². The van der Waals surface area contributed by atoms with Gasteiger partial charge in [0.15, 0.2) is 5.96 Å². The first-order chi connectivity index (χ1) is 12.0. The molecule has 6 N–H and O–H groups in total. The lowest BCUT2D eigenvalue weighted by Gasteiger charge is -2.11. The van der Waals surface area contributed by atoms with Gasteiger partial charge in [-0.15, -0.1) is 12.4 Å². The minimum Gasteiger partial charge on any atom is -0.412 e. The van der Waals surface area contributed by atoms with Gasteiger partial charge in [0, 0.05) is 22.0 Å². The number of carbonyl (C=O) groups is 1. The van der Waals surface area contributed by atoms with Crippen LogP contribution in [0.4, 0.5) is 0 Å². The van der Waals surface area contributed by atoms with Crippen LogP contribution in [-0.4, -0.2) is 21.9 Å². The predicted octanol–water partition coefficient (Wildman–Crippen LogP) is 1.71. The van der Waals surface area contributed by atoms with E-state index in [0.717, 1.165) is 5.56 Å². The van der Waals surface area contributed by atoms with Gasteiger partial charge in [-0.05, 0) is 23.8 Å². The van der Waals surface area contributed by atoms with E-state index in [0.29, 0.717) is 22.3 Å². The van der Waals surface area contributed by atoms with Crippen molar-refractivity contribution < 1.29 is 10.3 Å². The summed E-state index contributed by atoms with van der Waals surface area (Å²) in [7, 11) is 0. The summed E-state index contributed by atoms with van der Waals surface area (Å²) in [5, 5.41) is 1.54. The molecule has 3 rings (SSSR count). The van der Waals surface area contributed by atoms with Gasteiger partial charge in [0.2, 0.25) is 0 Å². The van der Waals surface area contributed by atoms with Gasteiger partial charge in [-0.2, -0.15) is 4.99 Å². The second-order valence-electron chi connectivity index (χ2n) is 5.49. The summed E-state index contributed by atoms with van der Waals surface area (Å²) >= 11 is 5.89.